The number of hydrogen-bond donors (Lipinski definition) is 1. The van der Waals surface area contributed by atoms with E-state index in [2.05, 4.69) is 5.32 Å². The normalized spacial score (nSPS) is 11.5. The maximum absolute atomic E-state index is 11.9. The number of unbranched alkanes of at least 4 members (excludes halogenated alkanes) is 3. The quantitative estimate of drug-likeness (QED) is 0.0963. The van der Waals surface area contributed by atoms with Crippen molar-refractivity contribution >= 4 is 26.9 Å². The highest BCUT2D eigenvalue weighted by atomic mass is 28.4. The van der Waals surface area contributed by atoms with E-state index in [4.69, 9.17) is 27.5 Å². The molecule has 0 saturated carbocycles. The molecule has 0 aliphatic rings. The molecule has 1 amide bonds. The molecule has 37 heavy (non-hydrogen) atoms. The molecule has 0 saturated heterocycles. The van der Waals surface area contributed by atoms with Crippen LogP contribution in [0.4, 0.5) is 4.79 Å². The third-order valence-electron chi connectivity index (χ3n) is 5.14. The van der Waals surface area contributed by atoms with Crippen molar-refractivity contribution in [3.8, 4) is 5.75 Å². The smallest absolute Gasteiger partial charge is 0.494 e. The molecule has 9 nitrogen and oxygen atoms in total. The Labute approximate surface area is 223 Å². The van der Waals surface area contributed by atoms with Gasteiger partial charge in [-0.15, -0.1) is 0 Å². The van der Waals surface area contributed by atoms with Crippen molar-refractivity contribution in [1.29, 1.82) is 0 Å². The van der Waals surface area contributed by atoms with Crippen LogP contribution in [0.1, 0.15) is 65.4 Å². The summed E-state index contributed by atoms with van der Waals surface area (Å²) in [5.41, 5.74) is 0.904. The van der Waals surface area contributed by atoms with Crippen LogP contribution in [0.5, 0.6) is 5.75 Å². The molecule has 1 rings (SSSR count). The van der Waals surface area contributed by atoms with Gasteiger partial charge in [-0.3, -0.25) is 0 Å². The zero-order valence-electron chi connectivity index (χ0n) is 22.9. The molecule has 10 heteroatoms. The zero-order chi connectivity index (χ0) is 27.2. The van der Waals surface area contributed by atoms with E-state index >= 15 is 0 Å². The fourth-order valence-corrected chi connectivity index (χ4v) is 6.11. The van der Waals surface area contributed by atoms with Crippen LogP contribution in [0.25, 0.3) is 6.08 Å². The van der Waals surface area contributed by atoms with E-state index in [-0.39, 0.29) is 5.97 Å². The van der Waals surface area contributed by atoms with Crippen molar-refractivity contribution in [1.82, 2.24) is 5.32 Å². The average molecular weight is 540 g/mol. The standard InChI is InChI=1S/C27H45NO8Si/c1-5-31-25-17-14-24(15-18-25)16-19-26(29)32-21-11-9-10-12-22-33-27(30)28-20-13-23-37(34-6-2,35-7-3)36-8-4/h14-19H,5-13,20-23H2,1-4H3,(H,28,30)/b19-16+. The Morgan fingerprint density at radius 2 is 1.38 bits per heavy atom. The van der Waals surface area contributed by atoms with Gasteiger partial charge >= 0.3 is 20.9 Å². The maximum atomic E-state index is 11.9. The Bertz CT molecular complexity index is 755. The molecule has 210 valence electrons. The lowest BCUT2D eigenvalue weighted by Gasteiger charge is -2.28. The predicted molar refractivity (Wildman–Crippen MR) is 145 cm³/mol. The SMILES string of the molecule is CCOc1ccc(/C=C/C(=O)OCCCCCCOC(=O)NCCC[Si](OCC)(OCC)OCC)cc1. The highest BCUT2D eigenvalue weighted by Gasteiger charge is 2.39. The molecule has 0 aromatic heterocycles. The second kappa shape index (κ2) is 20.6. The Kier molecular flexibility index (Phi) is 18.2. The van der Waals surface area contributed by atoms with Gasteiger partial charge in [0.2, 0.25) is 0 Å². The number of carbonyl (C=O) groups excluding carboxylic acids is 2. The van der Waals surface area contributed by atoms with E-state index in [0.717, 1.165) is 37.0 Å². The van der Waals surface area contributed by atoms with E-state index in [0.29, 0.717) is 58.7 Å². The summed E-state index contributed by atoms with van der Waals surface area (Å²) in [4.78, 5) is 23.7. The summed E-state index contributed by atoms with van der Waals surface area (Å²) >= 11 is 0. The molecule has 0 aliphatic heterocycles. The Hall–Kier alpha value is -2.40. The molecule has 1 aromatic carbocycles. The number of alkyl carbamates (subject to hydrolysis) is 1. The van der Waals surface area contributed by atoms with Gasteiger partial charge in [0.05, 0.1) is 19.8 Å². The minimum atomic E-state index is -2.68. The van der Waals surface area contributed by atoms with Crippen LogP contribution < -0.4 is 10.1 Å². The molecule has 0 fully saturated rings. The van der Waals surface area contributed by atoms with E-state index < -0.39 is 14.9 Å². The van der Waals surface area contributed by atoms with Gasteiger partial charge in [0, 0.05) is 38.5 Å². The maximum Gasteiger partial charge on any atom is 0.500 e. The number of carbonyl (C=O) groups is 2. The van der Waals surface area contributed by atoms with Crippen LogP contribution in [-0.2, 0) is 27.5 Å². The third kappa shape index (κ3) is 15.4. The first-order chi connectivity index (χ1) is 18.0. The fourth-order valence-electron chi connectivity index (χ4n) is 3.50. The van der Waals surface area contributed by atoms with Crippen LogP contribution in [0.15, 0.2) is 30.3 Å². The molecule has 0 aliphatic carbocycles. The molecule has 0 unspecified atom stereocenters. The Balaban J connectivity index is 2.07. The summed E-state index contributed by atoms with van der Waals surface area (Å²) in [6.45, 7) is 11.1. The van der Waals surface area contributed by atoms with Crippen molar-refractivity contribution in [3.63, 3.8) is 0 Å². The topological polar surface area (TPSA) is 102 Å². The summed E-state index contributed by atoms with van der Waals surface area (Å²) in [5, 5.41) is 2.76. The van der Waals surface area contributed by atoms with Crippen molar-refractivity contribution in [2.45, 2.75) is 65.8 Å². The predicted octanol–water partition coefficient (Wildman–Crippen LogP) is 5.37. The Morgan fingerprint density at radius 3 is 1.95 bits per heavy atom. The first-order valence-corrected chi connectivity index (χ1v) is 15.3. The third-order valence-corrected chi connectivity index (χ3v) is 8.29. The van der Waals surface area contributed by atoms with Crippen molar-refractivity contribution in [2.24, 2.45) is 0 Å². The fraction of sp³-hybridized carbons (Fsp3) is 0.630. The van der Waals surface area contributed by atoms with Gasteiger partial charge in [-0.05, 0) is 83.6 Å². The molecule has 0 atom stereocenters. The monoisotopic (exact) mass is 539 g/mol. The number of benzene rings is 1. The largest absolute Gasteiger partial charge is 0.500 e. The van der Waals surface area contributed by atoms with Gasteiger partial charge in [0.25, 0.3) is 0 Å². The van der Waals surface area contributed by atoms with Gasteiger partial charge in [-0.2, -0.15) is 0 Å². The summed E-state index contributed by atoms with van der Waals surface area (Å²) in [6.07, 6.45) is 6.70. The van der Waals surface area contributed by atoms with Crippen LogP contribution in [0.3, 0.4) is 0 Å². The summed E-state index contributed by atoms with van der Waals surface area (Å²) in [5.74, 6) is 0.437. The minimum absolute atomic E-state index is 0.353. The van der Waals surface area contributed by atoms with Crippen LogP contribution in [0, 0.1) is 0 Å². The van der Waals surface area contributed by atoms with E-state index in [1.165, 1.54) is 6.08 Å². The van der Waals surface area contributed by atoms with E-state index in [1.54, 1.807) is 6.08 Å². The van der Waals surface area contributed by atoms with Crippen molar-refractivity contribution in [2.75, 3.05) is 46.2 Å². The summed E-state index contributed by atoms with van der Waals surface area (Å²) in [6, 6.07) is 8.14. The molecule has 0 bridgehead atoms. The van der Waals surface area contributed by atoms with E-state index in [9.17, 15) is 9.59 Å². The molecule has 1 aromatic rings. The first-order valence-electron chi connectivity index (χ1n) is 13.4. The number of ether oxygens (including phenoxy) is 3. The number of nitrogens with one attached hydrogen (secondary N) is 1. The van der Waals surface area contributed by atoms with Gasteiger partial charge in [0.1, 0.15) is 5.75 Å². The lowest BCUT2D eigenvalue weighted by Crippen LogP contribution is -2.46. The minimum Gasteiger partial charge on any atom is -0.494 e. The number of amides is 1. The van der Waals surface area contributed by atoms with E-state index in [1.807, 2.05) is 52.0 Å². The molecule has 0 heterocycles. The number of esters is 1. The summed E-state index contributed by atoms with van der Waals surface area (Å²) < 4.78 is 33.3. The van der Waals surface area contributed by atoms with Crippen LogP contribution in [0.2, 0.25) is 6.04 Å². The highest BCUT2D eigenvalue weighted by Crippen LogP contribution is 2.18. The molecule has 1 N–H and O–H groups in total. The summed E-state index contributed by atoms with van der Waals surface area (Å²) in [7, 11) is -2.68. The van der Waals surface area contributed by atoms with Crippen LogP contribution in [-0.4, -0.2) is 67.1 Å². The van der Waals surface area contributed by atoms with Gasteiger partial charge < -0.3 is 32.8 Å². The second-order valence-corrected chi connectivity index (χ2v) is 10.8. The average Bonchev–Trinajstić information content (AvgIpc) is 2.88. The number of hydrogen-bond acceptors (Lipinski definition) is 8. The van der Waals surface area contributed by atoms with Crippen LogP contribution >= 0.6 is 0 Å². The molecular formula is C27H45NO8Si. The van der Waals surface area contributed by atoms with Gasteiger partial charge in [0.15, 0.2) is 0 Å². The van der Waals surface area contributed by atoms with Crippen molar-refractivity contribution < 1.29 is 37.1 Å². The molecule has 0 spiro atoms. The zero-order valence-corrected chi connectivity index (χ0v) is 23.9. The first kappa shape index (κ1) is 32.6. The van der Waals surface area contributed by atoms with Gasteiger partial charge in [-0.1, -0.05) is 12.1 Å². The number of rotatable bonds is 21. The lowest BCUT2D eigenvalue weighted by molar-refractivity contribution is -0.137. The second-order valence-electron chi connectivity index (χ2n) is 8.07. The molecular weight excluding hydrogens is 494 g/mol. The highest BCUT2D eigenvalue weighted by molar-refractivity contribution is 6.60. The lowest BCUT2D eigenvalue weighted by atomic mass is 10.2. The van der Waals surface area contributed by atoms with Gasteiger partial charge in [-0.25, -0.2) is 9.59 Å². The molecule has 0 radical (unpaired) electrons. The Morgan fingerprint density at radius 1 is 0.784 bits per heavy atom. The van der Waals surface area contributed by atoms with Crippen molar-refractivity contribution in [3.05, 3.63) is 35.9 Å².